The molecule has 3 N–H and O–H groups in total. The smallest absolute Gasteiger partial charge is 0.226 e. The Morgan fingerprint density at radius 1 is 1.30 bits per heavy atom. The third-order valence-electron chi connectivity index (χ3n) is 3.59. The zero-order chi connectivity index (χ0) is 14.1. The summed E-state index contributed by atoms with van der Waals surface area (Å²) in [5.41, 5.74) is 10.1. The minimum Gasteiger partial charge on any atom is -0.481 e. The summed E-state index contributed by atoms with van der Waals surface area (Å²) in [6, 6.07) is 8.12. The van der Waals surface area contributed by atoms with Crippen molar-refractivity contribution in [1.29, 1.82) is 0 Å². The van der Waals surface area contributed by atoms with Gasteiger partial charge in [0.25, 0.3) is 0 Å². The van der Waals surface area contributed by atoms with Gasteiger partial charge >= 0.3 is 0 Å². The van der Waals surface area contributed by atoms with Crippen molar-refractivity contribution >= 4 is 11.6 Å². The number of benzene rings is 1. The molecule has 0 fully saturated rings. The summed E-state index contributed by atoms with van der Waals surface area (Å²) >= 11 is 0. The van der Waals surface area contributed by atoms with E-state index in [1.807, 2.05) is 19.1 Å². The molecular weight excluding hydrogens is 252 g/mol. The van der Waals surface area contributed by atoms with Gasteiger partial charge in [0, 0.05) is 17.4 Å². The lowest BCUT2D eigenvalue weighted by molar-refractivity contribution is 0.397. The number of nitrogens with one attached hydrogen (secondary N) is 1. The predicted octanol–water partition coefficient (Wildman–Crippen LogP) is 2.48. The van der Waals surface area contributed by atoms with Gasteiger partial charge in [0.1, 0.15) is 0 Å². The molecule has 1 unspecified atom stereocenters. The van der Waals surface area contributed by atoms with Crippen LogP contribution < -0.4 is 15.8 Å². The second kappa shape index (κ2) is 5.00. The normalized spacial score (nSPS) is 16.8. The topological polar surface area (TPSA) is 73.1 Å². The first kappa shape index (κ1) is 12.7. The molecule has 3 rings (SSSR count). The molecule has 0 spiro atoms. The fourth-order valence-corrected chi connectivity index (χ4v) is 2.65. The lowest BCUT2D eigenvalue weighted by atomic mass is 10.1. The molecule has 5 nitrogen and oxygen atoms in total. The van der Waals surface area contributed by atoms with Gasteiger partial charge in [0.15, 0.2) is 0 Å². The maximum absolute atomic E-state index is 5.82. The largest absolute Gasteiger partial charge is 0.481 e. The summed E-state index contributed by atoms with van der Waals surface area (Å²) in [7, 11) is 1.61. The molecule has 0 bridgehead atoms. The van der Waals surface area contributed by atoms with Gasteiger partial charge in [-0.05, 0) is 43.0 Å². The molecule has 0 saturated carbocycles. The lowest BCUT2D eigenvalue weighted by Crippen LogP contribution is -2.11. The quantitative estimate of drug-likeness (QED) is 0.838. The Labute approximate surface area is 118 Å². The number of methoxy groups -OCH3 is 1. The first-order valence-corrected chi connectivity index (χ1v) is 6.70. The zero-order valence-corrected chi connectivity index (χ0v) is 11.7. The third-order valence-corrected chi connectivity index (χ3v) is 3.59. The van der Waals surface area contributed by atoms with Crippen LogP contribution in [-0.4, -0.2) is 17.1 Å². The molecule has 1 atom stereocenters. The van der Waals surface area contributed by atoms with Gasteiger partial charge in [-0.15, -0.1) is 0 Å². The van der Waals surface area contributed by atoms with Crippen molar-refractivity contribution in [3.8, 4) is 5.88 Å². The number of nitrogens with zero attached hydrogens (tertiary/aromatic N) is 2. The van der Waals surface area contributed by atoms with Crippen LogP contribution in [0.3, 0.4) is 0 Å². The first-order chi connectivity index (χ1) is 9.65. The van der Waals surface area contributed by atoms with Crippen LogP contribution in [0.1, 0.15) is 29.3 Å². The summed E-state index contributed by atoms with van der Waals surface area (Å²) < 4.78 is 5.18. The number of nitrogen functional groups attached to an aromatic ring is 1. The van der Waals surface area contributed by atoms with E-state index in [2.05, 4.69) is 27.4 Å². The molecule has 0 saturated heterocycles. The van der Waals surface area contributed by atoms with Crippen molar-refractivity contribution in [2.45, 2.75) is 25.8 Å². The number of rotatable bonds is 3. The molecule has 0 amide bonds. The van der Waals surface area contributed by atoms with Gasteiger partial charge in [0.05, 0.1) is 13.2 Å². The highest BCUT2D eigenvalue weighted by Gasteiger charge is 2.23. The average Bonchev–Trinajstić information content (AvgIpc) is 2.80. The summed E-state index contributed by atoms with van der Waals surface area (Å²) in [4.78, 5) is 8.75. The van der Waals surface area contributed by atoms with Gasteiger partial charge in [-0.3, -0.25) is 0 Å². The highest BCUT2D eigenvalue weighted by atomic mass is 16.5. The highest BCUT2D eigenvalue weighted by molar-refractivity contribution is 5.50. The van der Waals surface area contributed by atoms with Gasteiger partial charge in [-0.1, -0.05) is 6.07 Å². The summed E-state index contributed by atoms with van der Waals surface area (Å²) in [5.74, 6) is 1.19. The van der Waals surface area contributed by atoms with Crippen molar-refractivity contribution < 1.29 is 4.74 Å². The van der Waals surface area contributed by atoms with Gasteiger partial charge in [-0.25, -0.2) is 4.98 Å². The van der Waals surface area contributed by atoms with Crippen molar-refractivity contribution in [2.75, 3.05) is 18.2 Å². The van der Waals surface area contributed by atoms with Crippen LogP contribution in [0.5, 0.6) is 5.88 Å². The Hall–Kier alpha value is -2.30. The number of fused-ring (bicyclic) bond motifs is 1. The molecule has 1 aliphatic carbocycles. The van der Waals surface area contributed by atoms with Crippen LogP contribution in [0.15, 0.2) is 24.3 Å². The number of hydrogen-bond donors (Lipinski definition) is 2. The van der Waals surface area contributed by atoms with Crippen molar-refractivity contribution in [3.05, 3.63) is 41.1 Å². The molecule has 0 aliphatic heterocycles. The van der Waals surface area contributed by atoms with Crippen LogP contribution in [0.4, 0.5) is 11.6 Å². The molecule has 1 aliphatic rings. The number of nitrogens with two attached hydrogens (primary N) is 1. The van der Waals surface area contributed by atoms with Crippen LogP contribution in [0.2, 0.25) is 0 Å². The summed E-state index contributed by atoms with van der Waals surface area (Å²) in [6.07, 6.45) is 2.05. The minimum atomic E-state index is 0.233. The molecule has 2 aromatic rings. The number of hydrogen-bond acceptors (Lipinski definition) is 5. The van der Waals surface area contributed by atoms with E-state index >= 15 is 0 Å². The fraction of sp³-hybridized carbons (Fsp3) is 0.333. The maximum Gasteiger partial charge on any atom is 0.226 e. The number of anilines is 2. The predicted molar refractivity (Wildman–Crippen MR) is 78.9 cm³/mol. The van der Waals surface area contributed by atoms with E-state index in [0.717, 1.165) is 24.2 Å². The van der Waals surface area contributed by atoms with Crippen LogP contribution in [-0.2, 0) is 6.42 Å². The van der Waals surface area contributed by atoms with Crippen molar-refractivity contribution in [1.82, 2.24) is 9.97 Å². The molecule has 1 aromatic carbocycles. The average molecular weight is 270 g/mol. The molecule has 5 heteroatoms. The van der Waals surface area contributed by atoms with Crippen molar-refractivity contribution in [3.63, 3.8) is 0 Å². The summed E-state index contributed by atoms with van der Waals surface area (Å²) in [5, 5.41) is 3.39. The molecule has 1 aromatic heterocycles. The van der Waals surface area contributed by atoms with E-state index in [0.29, 0.717) is 11.8 Å². The van der Waals surface area contributed by atoms with E-state index in [9.17, 15) is 0 Å². The molecule has 1 heterocycles. The zero-order valence-electron chi connectivity index (χ0n) is 11.7. The molecule has 0 radical (unpaired) electrons. The summed E-state index contributed by atoms with van der Waals surface area (Å²) in [6.45, 7) is 1.93. The third kappa shape index (κ3) is 2.39. The van der Waals surface area contributed by atoms with Crippen molar-refractivity contribution in [2.24, 2.45) is 0 Å². The SMILES string of the molecule is COc1cc(C)nc(NC2CCc3cc(N)ccc32)n1. The Morgan fingerprint density at radius 3 is 2.95 bits per heavy atom. The van der Waals surface area contributed by atoms with E-state index in [1.165, 1.54) is 11.1 Å². The van der Waals surface area contributed by atoms with Crippen LogP contribution in [0.25, 0.3) is 0 Å². The van der Waals surface area contributed by atoms with Gasteiger partial charge in [0.2, 0.25) is 11.8 Å². The lowest BCUT2D eigenvalue weighted by Gasteiger charge is -2.15. The maximum atomic E-state index is 5.82. The van der Waals surface area contributed by atoms with E-state index in [-0.39, 0.29) is 6.04 Å². The Bertz CT molecular complexity index is 642. The van der Waals surface area contributed by atoms with E-state index < -0.39 is 0 Å². The highest BCUT2D eigenvalue weighted by Crippen LogP contribution is 2.34. The standard InChI is InChI=1S/C15H18N4O/c1-9-7-14(20-2)19-15(17-9)18-13-6-3-10-8-11(16)4-5-12(10)13/h4-5,7-8,13H,3,6,16H2,1-2H3,(H,17,18,19). The number of aryl methyl sites for hydroxylation is 2. The Kier molecular flexibility index (Phi) is 3.18. The molecule has 104 valence electrons. The van der Waals surface area contributed by atoms with Gasteiger partial charge < -0.3 is 15.8 Å². The van der Waals surface area contributed by atoms with E-state index in [4.69, 9.17) is 10.5 Å². The molecule has 20 heavy (non-hydrogen) atoms. The monoisotopic (exact) mass is 270 g/mol. The minimum absolute atomic E-state index is 0.233. The second-order valence-corrected chi connectivity index (χ2v) is 5.07. The Balaban J connectivity index is 1.85. The Morgan fingerprint density at radius 2 is 2.15 bits per heavy atom. The van der Waals surface area contributed by atoms with Crippen LogP contribution in [0, 0.1) is 6.92 Å². The fourth-order valence-electron chi connectivity index (χ4n) is 2.65. The van der Waals surface area contributed by atoms with Gasteiger partial charge in [-0.2, -0.15) is 4.98 Å². The first-order valence-electron chi connectivity index (χ1n) is 6.70. The van der Waals surface area contributed by atoms with Crippen LogP contribution >= 0.6 is 0 Å². The van der Waals surface area contributed by atoms with E-state index in [1.54, 1.807) is 7.11 Å². The second-order valence-electron chi connectivity index (χ2n) is 5.07. The number of ether oxygens (including phenoxy) is 1. The number of aromatic nitrogens is 2. The molecular formula is C15H18N4O.